The molecule has 1 N–H and O–H groups in total. The van der Waals surface area contributed by atoms with Gasteiger partial charge in [0, 0.05) is 6.07 Å². The number of hydrogen-bond donors (Lipinski definition) is 1. The molecule has 1 aromatic rings. The Morgan fingerprint density at radius 1 is 1.35 bits per heavy atom. The van der Waals surface area contributed by atoms with Gasteiger partial charge in [0.2, 0.25) is 5.71 Å². The lowest BCUT2D eigenvalue weighted by Gasteiger charge is -2.05. The van der Waals surface area contributed by atoms with E-state index in [4.69, 9.17) is 10.5 Å². The summed E-state index contributed by atoms with van der Waals surface area (Å²) >= 11 is 0. The number of nitrogens with zero attached hydrogens (tertiary/aromatic N) is 3. The van der Waals surface area contributed by atoms with Crippen LogP contribution in [-0.4, -0.2) is 12.3 Å². The average Bonchev–Trinajstić information content (AvgIpc) is 2.30. The van der Waals surface area contributed by atoms with Gasteiger partial charge < -0.3 is 4.74 Å². The third-order valence-corrected chi connectivity index (χ3v) is 1.57. The molecule has 0 saturated heterocycles. The first-order valence-electron chi connectivity index (χ1n) is 4.34. The van der Waals surface area contributed by atoms with Crippen molar-refractivity contribution in [2.75, 3.05) is 5.43 Å². The lowest BCUT2D eigenvalue weighted by atomic mass is 10.3. The number of nitrogens with one attached hydrogen (secondary N) is 1. The van der Waals surface area contributed by atoms with Crippen LogP contribution in [0.3, 0.4) is 0 Å². The number of hydrogen-bond acceptors (Lipinski definition) is 5. The van der Waals surface area contributed by atoms with Crippen molar-refractivity contribution in [2.45, 2.75) is 6.61 Å². The first kappa shape index (κ1) is 12.4. The van der Waals surface area contributed by atoms with Gasteiger partial charge in [-0.1, -0.05) is 6.07 Å². The van der Waals surface area contributed by atoms with Gasteiger partial charge in [0.05, 0.1) is 5.69 Å². The first-order valence-corrected chi connectivity index (χ1v) is 4.34. The van der Waals surface area contributed by atoms with E-state index in [1.54, 1.807) is 12.1 Å². The zero-order valence-electron chi connectivity index (χ0n) is 8.39. The summed E-state index contributed by atoms with van der Waals surface area (Å²) in [6.07, 6.45) is 0. The Kier molecular flexibility index (Phi) is 4.40. The van der Waals surface area contributed by atoms with Gasteiger partial charge >= 0.3 is 6.61 Å². The number of hydrazone groups is 1. The lowest BCUT2D eigenvalue weighted by Crippen LogP contribution is -2.02. The molecule has 0 unspecified atom stereocenters. The number of ether oxygens (including phenoxy) is 1. The Balaban J connectivity index is 2.77. The van der Waals surface area contributed by atoms with E-state index in [0.29, 0.717) is 5.69 Å². The fraction of sp³-hybridized carbons (Fsp3) is 0.100. The van der Waals surface area contributed by atoms with Gasteiger partial charge in [0.15, 0.2) is 0 Å². The molecule has 0 aromatic heterocycles. The van der Waals surface area contributed by atoms with E-state index in [1.807, 2.05) is 0 Å². The van der Waals surface area contributed by atoms with Crippen LogP contribution < -0.4 is 10.2 Å². The van der Waals surface area contributed by atoms with Crippen LogP contribution in [0.4, 0.5) is 14.5 Å². The third-order valence-electron chi connectivity index (χ3n) is 1.57. The highest BCUT2D eigenvalue weighted by Gasteiger charge is 2.04. The Morgan fingerprint density at radius 2 is 2.06 bits per heavy atom. The van der Waals surface area contributed by atoms with Crippen molar-refractivity contribution < 1.29 is 13.5 Å². The molecule has 0 spiro atoms. The van der Waals surface area contributed by atoms with Crippen LogP contribution in [0, 0.1) is 22.7 Å². The predicted octanol–water partition coefficient (Wildman–Crippen LogP) is 2.10. The summed E-state index contributed by atoms with van der Waals surface area (Å²) < 4.78 is 28.0. The van der Waals surface area contributed by atoms with Gasteiger partial charge in [-0.15, -0.1) is 0 Å². The van der Waals surface area contributed by atoms with E-state index >= 15 is 0 Å². The highest BCUT2D eigenvalue weighted by Crippen LogP contribution is 2.19. The molecule has 0 atom stereocenters. The van der Waals surface area contributed by atoms with E-state index < -0.39 is 6.61 Å². The SMILES string of the molecule is N#CC(C#N)=NNc1cccc(OC(F)F)c1. The predicted molar refractivity (Wildman–Crippen MR) is 55.4 cm³/mol. The summed E-state index contributed by atoms with van der Waals surface area (Å²) in [6.45, 7) is -2.91. The molecular weight excluding hydrogens is 230 g/mol. The molecule has 0 fully saturated rings. The molecule has 0 saturated carbocycles. The molecule has 0 aliphatic carbocycles. The summed E-state index contributed by atoms with van der Waals surface area (Å²) in [5.41, 5.74) is 2.33. The van der Waals surface area contributed by atoms with Crippen LogP contribution >= 0.6 is 0 Å². The fourth-order valence-electron chi connectivity index (χ4n) is 0.937. The smallest absolute Gasteiger partial charge is 0.387 e. The second kappa shape index (κ2) is 6.03. The Bertz CT molecular complexity index is 486. The van der Waals surface area contributed by atoms with E-state index in [2.05, 4.69) is 15.3 Å². The summed E-state index contributed by atoms with van der Waals surface area (Å²) in [6, 6.07) is 8.69. The van der Waals surface area contributed by atoms with Crippen LogP contribution in [0.15, 0.2) is 29.4 Å². The number of benzene rings is 1. The standard InChI is InChI=1S/C10H6F2N4O/c11-10(12)17-9-3-1-2-7(4-9)15-16-8(5-13)6-14/h1-4,10,15H. The maximum Gasteiger partial charge on any atom is 0.387 e. The van der Waals surface area contributed by atoms with Gasteiger partial charge in [-0.05, 0) is 12.1 Å². The van der Waals surface area contributed by atoms with E-state index in [-0.39, 0.29) is 11.5 Å². The second-order valence-corrected chi connectivity index (χ2v) is 2.70. The second-order valence-electron chi connectivity index (χ2n) is 2.70. The molecule has 1 aromatic carbocycles. The minimum Gasteiger partial charge on any atom is -0.435 e. The highest BCUT2D eigenvalue weighted by molar-refractivity contribution is 6.10. The van der Waals surface area contributed by atoms with Crippen molar-refractivity contribution in [3.8, 4) is 17.9 Å². The largest absolute Gasteiger partial charge is 0.435 e. The van der Waals surface area contributed by atoms with Crippen LogP contribution in [0.25, 0.3) is 0 Å². The van der Waals surface area contributed by atoms with Crippen LogP contribution in [0.5, 0.6) is 5.75 Å². The minimum atomic E-state index is -2.91. The minimum absolute atomic E-state index is 0.0457. The molecule has 1 rings (SSSR count). The number of nitriles is 2. The van der Waals surface area contributed by atoms with Crippen molar-refractivity contribution in [2.24, 2.45) is 5.10 Å². The summed E-state index contributed by atoms with van der Waals surface area (Å²) in [4.78, 5) is 0. The summed E-state index contributed by atoms with van der Waals surface area (Å²) in [7, 11) is 0. The summed E-state index contributed by atoms with van der Waals surface area (Å²) in [5, 5.41) is 20.3. The topological polar surface area (TPSA) is 81.2 Å². The van der Waals surface area contributed by atoms with Crippen molar-refractivity contribution in [1.29, 1.82) is 10.5 Å². The van der Waals surface area contributed by atoms with Crippen LogP contribution in [-0.2, 0) is 0 Å². The molecular formula is C10H6F2N4O. The van der Waals surface area contributed by atoms with Crippen LogP contribution in [0.2, 0.25) is 0 Å². The zero-order valence-corrected chi connectivity index (χ0v) is 8.39. The highest BCUT2D eigenvalue weighted by atomic mass is 19.3. The van der Waals surface area contributed by atoms with Gasteiger partial charge in [-0.25, -0.2) is 0 Å². The summed E-state index contributed by atoms with van der Waals surface area (Å²) in [5.74, 6) is -0.0457. The van der Waals surface area contributed by atoms with Gasteiger partial charge in [-0.3, -0.25) is 5.43 Å². The van der Waals surface area contributed by atoms with Gasteiger partial charge in [0.25, 0.3) is 0 Å². The molecule has 0 heterocycles. The fourth-order valence-corrected chi connectivity index (χ4v) is 0.937. The van der Waals surface area contributed by atoms with Crippen molar-refractivity contribution >= 4 is 11.4 Å². The number of rotatable bonds is 4. The maximum absolute atomic E-state index is 11.9. The molecule has 0 aliphatic heterocycles. The Morgan fingerprint density at radius 3 is 2.65 bits per heavy atom. The Hall–Kier alpha value is -2.67. The number of halogens is 2. The molecule has 0 amide bonds. The average molecular weight is 236 g/mol. The zero-order chi connectivity index (χ0) is 12.7. The van der Waals surface area contributed by atoms with E-state index in [0.717, 1.165) is 0 Å². The molecule has 0 aliphatic rings. The third kappa shape index (κ3) is 4.14. The number of alkyl halides is 2. The van der Waals surface area contributed by atoms with Crippen molar-refractivity contribution in [3.63, 3.8) is 0 Å². The lowest BCUT2D eigenvalue weighted by molar-refractivity contribution is -0.0498. The van der Waals surface area contributed by atoms with Gasteiger partial charge in [-0.2, -0.15) is 24.4 Å². The quantitative estimate of drug-likeness (QED) is 0.641. The van der Waals surface area contributed by atoms with Crippen molar-refractivity contribution in [1.82, 2.24) is 0 Å². The number of anilines is 1. The molecule has 0 bridgehead atoms. The molecule has 17 heavy (non-hydrogen) atoms. The van der Waals surface area contributed by atoms with Crippen molar-refractivity contribution in [3.05, 3.63) is 24.3 Å². The maximum atomic E-state index is 11.9. The monoisotopic (exact) mass is 236 g/mol. The molecule has 5 nitrogen and oxygen atoms in total. The van der Waals surface area contributed by atoms with Gasteiger partial charge in [0.1, 0.15) is 17.9 Å². The first-order chi connectivity index (χ1) is 8.15. The molecule has 86 valence electrons. The molecule has 0 radical (unpaired) electrons. The van der Waals surface area contributed by atoms with Crippen LogP contribution in [0.1, 0.15) is 0 Å². The van der Waals surface area contributed by atoms with E-state index in [1.165, 1.54) is 24.3 Å². The molecule has 7 heteroatoms. The normalized spacial score (nSPS) is 9.00. The van der Waals surface area contributed by atoms with E-state index in [9.17, 15) is 8.78 Å². The Labute approximate surface area is 95.5 Å².